The smallest absolute Gasteiger partial charge is 0.396 e. The fourth-order valence-electron chi connectivity index (χ4n) is 1.58. The molecule has 0 spiro atoms. The van der Waals surface area contributed by atoms with Crippen LogP contribution in [0.5, 0.6) is 0 Å². The van der Waals surface area contributed by atoms with E-state index in [0.29, 0.717) is 13.1 Å². The van der Waals surface area contributed by atoms with E-state index in [4.69, 9.17) is 9.47 Å². The highest BCUT2D eigenvalue weighted by molar-refractivity contribution is 6.32. The molecule has 0 saturated carbocycles. The standard InChI is InChI=1S/C9H15NO5/c1-13-6-4-10(5-7(6)14-2)8(11)9(12)15-3/h6-7H,4-5H2,1-3H3. The second-order valence-corrected chi connectivity index (χ2v) is 3.25. The van der Waals surface area contributed by atoms with Crippen LogP contribution < -0.4 is 0 Å². The van der Waals surface area contributed by atoms with E-state index in [-0.39, 0.29) is 12.2 Å². The monoisotopic (exact) mass is 217 g/mol. The summed E-state index contributed by atoms with van der Waals surface area (Å²) in [6, 6.07) is 0. The highest BCUT2D eigenvalue weighted by Gasteiger charge is 2.37. The summed E-state index contributed by atoms with van der Waals surface area (Å²) in [5.74, 6) is -1.51. The Morgan fingerprint density at radius 1 is 1.07 bits per heavy atom. The molecule has 0 N–H and O–H groups in total. The Morgan fingerprint density at radius 3 is 1.87 bits per heavy atom. The third-order valence-corrected chi connectivity index (χ3v) is 2.47. The number of amides is 1. The van der Waals surface area contributed by atoms with Crippen molar-refractivity contribution in [1.29, 1.82) is 0 Å². The fourth-order valence-corrected chi connectivity index (χ4v) is 1.58. The van der Waals surface area contributed by atoms with Gasteiger partial charge in [0, 0.05) is 14.2 Å². The van der Waals surface area contributed by atoms with Crippen molar-refractivity contribution in [2.24, 2.45) is 0 Å². The minimum atomic E-state index is -0.860. The van der Waals surface area contributed by atoms with Crippen LogP contribution in [0.15, 0.2) is 0 Å². The summed E-state index contributed by atoms with van der Waals surface area (Å²) in [5, 5.41) is 0. The largest absolute Gasteiger partial charge is 0.462 e. The number of esters is 1. The van der Waals surface area contributed by atoms with Crippen molar-refractivity contribution in [3.8, 4) is 0 Å². The van der Waals surface area contributed by atoms with Crippen LogP contribution in [-0.4, -0.2) is 63.4 Å². The minimum Gasteiger partial charge on any atom is -0.462 e. The van der Waals surface area contributed by atoms with E-state index in [1.165, 1.54) is 12.0 Å². The molecule has 1 saturated heterocycles. The number of nitrogens with zero attached hydrogens (tertiary/aromatic N) is 1. The lowest BCUT2D eigenvalue weighted by molar-refractivity contribution is -0.157. The van der Waals surface area contributed by atoms with Crippen LogP contribution in [0.25, 0.3) is 0 Å². The van der Waals surface area contributed by atoms with Gasteiger partial charge in [-0.25, -0.2) is 4.79 Å². The summed E-state index contributed by atoms with van der Waals surface area (Å²) in [5.41, 5.74) is 0. The van der Waals surface area contributed by atoms with Crippen LogP contribution in [0.1, 0.15) is 0 Å². The van der Waals surface area contributed by atoms with Crippen molar-refractivity contribution in [2.75, 3.05) is 34.4 Å². The first-order chi connectivity index (χ1) is 7.13. The molecule has 6 nitrogen and oxygen atoms in total. The van der Waals surface area contributed by atoms with Crippen molar-refractivity contribution in [3.05, 3.63) is 0 Å². The van der Waals surface area contributed by atoms with Crippen LogP contribution in [0.4, 0.5) is 0 Å². The van der Waals surface area contributed by atoms with Gasteiger partial charge in [0.2, 0.25) is 0 Å². The molecule has 2 unspecified atom stereocenters. The molecule has 1 aliphatic rings. The quantitative estimate of drug-likeness (QED) is 0.440. The molecule has 1 fully saturated rings. The molecule has 1 heterocycles. The number of hydrogen-bond acceptors (Lipinski definition) is 5. The normalized spacial score (nSPS) is 25.4. The van der Waals surface area contributed by atoms with E-state index in [1.54, 1.807) is 14.2 Å². The second kappa shape index (κ2) is 5.09. The Kier molecular flexibility index (Phi) is 4.05. The molecule has 1 rings (SSSR count). The Labute approximate surface area is 88.1 Å². The van der Waals surface area contributed by atoms with Gasteiger partial charge in [0.15, 0.2) is 0 Å². The van der Waals surface area contributed by atoms with Crippen LogP contribution in [0, 0.1) is 0 Å². The highest BCUT2D eigenvalue weighted by atomic mass is 16.5. The molecule has 0 aliphatic carbocycles. The van der Waals surface area contributed by atoms with Crippen molar-refractivity contribution in [3.63, 3.8) is 0 Å². The predicted octanol–water partition coefficient (Wildman–Crippen LogP) is -0.968. The third kappa shape index (κ3) is 2.45. The van der Waals surface area contributed by atoms with Crippen molar-refractivity contribution >= 4 is 11.9 Å². The summed E-state index contributed by atoms with van der Waals surface area (Å²) in [6.45, 7) is 0.700. The van der Waals surface area contributed by atoms with Crippen molar-refractivity contribution in [2.45, 2.75) is 12.2 Å². The van der Waals surface area contributed by atoms with Gasteiger partial charge in [-0.3, -0.25) is 4.79 Å². The lowest BCUT2D eigenvalue weighted by atomic mass is 10.3. The van der Waals surface area contributed by atoms with E-state index in [0.717, 1.165) is 0 Å². The Hall–Kier alpha value is -1.14. The molecule has 2 atom stereocenters. The first-order valence-corrected chi connectivity index (χ1v) is 4.56. The number of carbonyl (C=O) groups excluding carboxylic acids is 2. The van der Waals surface area contributed by atoms with E-state index >= 15 is 0 Å². The van der Waals surface area contributed by atoms with Gasteiger partial charge in [-0.2, -0.15) is 0 Å². The summed E-state index contributed by atoms with van der Waals surface area (Å²) in [7, 11) is 4.27. The lowest BCUT2D eigenvalue weighted by Gasteiger charge is -2.13. The molecule has 6 heteroatoms. The molecule has 0 radical (unpaired) electrons. The average Bonchev–Trinajstić information content (AvgIpc) is 2.69. The number of ether oxygens (including phenoxy) is 3. The van der Waals surface area contributed by atoms with Gasteiger partial charge in [-0.05, 0) is 0 Å². The summed E-state index contributed by atoms with van der Waals surface area (Å²) in [4.78, 5) is 23.8. The Bertz CT molecular complexity index is 243. The molecule has 86 valence electrons. The number of methoxy groups -OCH3 is 3. The van der Waals surface area contributed by atoms with Crippen LogP contribution in [-0.2, 0) is 23.8 Å². The zero-order chi connectivity index (χ0) is 11.4. The molecule has 0 aromatic rings. The lowest BCUT2D eigenvalue weighted by Crippen LogP contribution is -2.36. The highest BCUT2D eigenvalue weighted by Crippen LogP contribution is 2.15. The molecule has 0 aromatic carbocycles. The van der Waals surface area contributed by atoms with Gasteiger partial charge < -0.3 is 19.1 Å². The van der Waals surface area contributed by atoms with E-state index in [1.807, 2.05) is 0 Å². The zero-order valence-electron chi connectivity index (χ0n) is 9.06. The first kappa shape index (κ1) is 11.9. The van der Waals surface area contributed by atoms with Crippen LogP contribution >= 0.6 is 0 Å². The van der Waals surface area contributed by atoms with Gasteiger partial charge in [0.1, 0.15) is 12.2 Å². The molecule has 1 aliphatic heterocycles. The maximum absolute atomic E-state index is 11.4. The topological polar surface area (TPSA) is 65.1 Å². The number of likely N-dealkylation sites (tertiary alicyclic amines) is 1. The zero-order valence-corrected chi connectivity index (χ0v) is 9.06. The van der Waals surface area contributed by atoms with E-state index < -0.39 is 11.9 Å². The predicted molar refractivity (Wildman–Crippen MR) is 50.2 cm³/mol. The van der Waals surface area contributed by atoms with E-state index in [2.05, 4.69) is 4.74 Å². The molecule has 0 bridgehead atoms. The number of rotatable bonds is 2. The first-order valence-electron chi connectivity index (χ1n) is 4.56. The maximum atomic E-state index is 11.4. The summed E-state index contributed by atoms with van der Waals surface area (Å²) >= 11 is 0. The Morgan fingerprint density at radius 2 is 1.53 bits per heavy atom. The van der Waals surface area contributed by atoms with Gasteiger partial charge in [-0.15, -0.1) is 0 Å². The van der Waals surface area contributed by atoms with E-state index in [9.17, 15) is 9.59 Å². The molecule has 1 amide bonds. The maximum Gasteiger partial charge on any atom is 0.396 e. The van der Waals surface area contributed by atoms with Crippen LogP contribution in [0.3, 0.4) is 0 Å². The number of carbonyl (C=O) groups is 2. The molecular weight excluding hydrogens is 202 g/mol. The van der Waals surface area contributed by atoms with Crippen LogP contribution in [0.2, 0.25) is 0 Å². The second-order valence-electron chi connectivity index (χ2n) is 3.25. The van der Waals surface area contributed by atoms with Gasteiger partial charge in [-0.1, -0.05) is 0 Å². The average molecular weight is 217 g/mol. The summed E-state index contributed by atoms with van der Waals surface area (Å²) < 4.78 is 14.6. The molecule has 0 aromatic heterocycles. The third-order valence-electron chi connectivity index (χ3n) is 2.47. The van der Waals surface area contributed by atoms with Crippen molar-refractivity contribution in [1.82, 2.24) is 4.90 Å². The fraction of sp³-hybridized carbons (Fsp3) is 0.778. The number of hydrogen-bond donors (Lipinski definition) is 0. The van der Waals surface area contributed by atoms with Gasteiger partial charge in [0.05, 0.1) is 20.2 Å². The Balaban J connectivity index is 2.60. The molecular formula is C9H15NO5. The SMILES string of the molecule is COC(=O)C(=O)N1CC(OC)C(OC)C1. The summed E-state index contributed by atoms with van der Waals surface area (Å²) in [6.07, 6.45) is -0.382. The van der Waals surface area contributed by atoms with Gasteiger partial charge in [0.25, 0.3) is 0 Å². The molecule has 15 heavy (non-hydrogen) atoms. The minimum absolute atomic E-state index is 0.191. The van der Waals surface area contributed by atoms with Gasteiger partial charge >= 0.3 is 11.9 Å². The van der Waals surface area contributed by atoms with Crippen molar-refractivity contribution < 1.29 is 23.8 Å².